The highest BCUT2D eigenvalue weighted by Crippen LogP contribution is 2.32. The van der Waals surface area contributed by atoms with Crippen LogP contribution in [0.25, 0.3) is 0 Å². The van der Waals surface area contributed by atoms with E-state index in [0.717, 1.165) is 25.8 Å². The molecule has 0 aromatic heterocycles. The van der Waals surface area contributed by atoms with E-state index in [1.165, 1.54) is 4.90 Å². The van der Waals surface area contributed by atoms with Gasteiger partial charge in [0.25, 0.3) is 5.91 Å². The summed E-state index contributed by atoms with van der Waals surface area (Å²) in [6.07, 6.45) is 3.00. The van der Waals surface area contributed by atoms with Gasteiger partial charge in [0.2, 0.25) is 0 Å². The van der Waals surface area contributed by atoms with Crippen molar-refractivity contribution in [3.63, 3.8) is 0 Å². The Kier molecular flexibility index (Phi) is 2.91. The third kappa shape index (κ3) is 1.60. The van der Waals surface area contributed by atoms with Gasteiger partial charge in [-0.2, -0.15) is 0 Å². The van der Waals surface area contributed by atoms with Crippen molar-refractivity contribution in [1.82, 2.24) is 9.80 Å². The molecule has 0 bridgehead atoms. The van der Waals surface area contributed by atoms with Crippen molar-refractivity contribution in [2.24, 2.45) is 5.92 Å². The quantitative estimate of drug-likeness (QED) is 0.672. The van der Waals surface area contributed by atoms with Gasteiger partial charge in [-0.05, 0) is 32.6 Å². The van der Waals surface area contributed by atoms with Crippen molar-refractivity contribution >= 4 is 11.9 Å². The second-order valence-corrected chi connectivity index (χ2v) is 5.09. The maximum absolute atomic E-state index is 12.1. The smallest absolute Gasteiger partial charge is 0.312 e. The fourth-order valence-corrected chi connectivity index (χ4v) is 2.74. The number of imide groups is 1. The van der Waals surface area contributed by atoms with Gasteiger partial charge >= 0.3 is 6.03 Å². The third-order valence-electron chi connectivity index (χ3n) is 3.78. The minimum absolute atomic E-state index is 0.0122. The number of amides is 3. The maximum atomic E-state index is 12.1. The highest BCUT2D eigenvalue weighted by atomic mass is 16.2. The Morgan fingerprint density at radius 2 is 2.06 bits per heavy atom. The van der Waals surface area contributed by atoms with Crippen LogP contribution in [-0.4, -0.2) is 40.4 Å². The molecule has 4 heteroatoms. The zero-order valence-electron chi connectivity index (χ0n) is 10.3. The number of fused-ring (bicyclic) bond motifs is 1. The monoisotopic (exact) mass is 224 g/mol. The van der Waals surface area contributed by atoms with Crippen LogP contribution >= 0.6 is 0 Å². The number of carbonyl (C=O) groups is 2. The molecule has 0 aromatic rings. The molecule has 2 unspecified atom stereocenters. The average molecular weight is 224 g/mol. The number of hydrogen-bond acceptors (Lipinski definition) is 2. The molecule has 2 rings (SSSR count). The molecule has 0 aromatic carbocycles. The summed E-state index contributed by atoms with van der Waals surface area (Å²) in [7, 11) is 0. The van der Waals surface area contributed by atoms with E-state index in [9.17, 15) is 9.59 Å². The highest BCUT2D eigenvalue weighted by Gasteiger charge is 2.48. The molecule has 2 aliphatic rings. The van der Waals surface area contributed by atoms with Crippen LogP contribution in [0, 0.1) is 5.92 Å². The zero-order chi connectivity index (χ0) is 11.9. The Bertz CT molecular complexity index is 314. The number of hydrogen-bond donors (Lipinski definition) is 0. The lowest BCUT2D eigenvalue weighted by molar-refractivity contribution is -0.130. The molecule has 0 aliphatic carbocycles. The SMILES string of the molecule is CCC1CCN2C(=O)N(C(C)C)C(=O)C2C1. The standard InChI is InChI=1S/C12H20N2O2/c1-4-9-5-6-13-10(7-9)11(15)14(8(2)3)12(13)16/h8-10H,4-7H2,1-3H3. The molecule has 90 valence electrons. The van der Waals surface area contributed by atoms with Crippen LogP contribution in [0.4, 0.5) is 4.79 Å². The van der Waals surface area contributed by atoms with Gasteiger partial charge in [-0.25, -0.2) is 4.79 Å². The van der Waals surface area contributed by atoms with E-state index in [1.54, 1.807) is 4.90 Å². The van der Waals surface area contributed by atoms with Gasteiger partial charge in [0.05, 0.1) is 0 Å². The van der Waals surface area contributed by atoms with Crippen LogP contribution in [0.15, 0.2) is 0 Å². The Labute approximate surface area is 96.6 Å². The molecule has 0 spiro atoms. The normalized spacial score (nSPS) is 30.2. The topological polar surface area (TPSA) is 40.6 Å². The summed E-state index contributed by atoms with van der Waals surface area (Å²) in [4.78, 5) is 27.3. The molecule has 0 saturated carbocycles. The number of nitrogens with zero attached hydrogens (tertiary/aromatic N) is 2. The van der Waals surface area contributed by atoms with E-state index in [0.29, 0.717) is 5.92 Å². The lowest BCUT2D eigenvalue weighted by atomic mass is 9.89. The predicted octanol–water partition coefficient (Wildman–Crippen LogP) is 1.85. The molecule has 2 saturated heterocycles. The zero-order valence-corrected chi connectivity index (χ0v) is 10.3. The molecular weight excluding hydrogens is 204 g/mol. The van der Waals surface area contributed by atoms with Crippen molar-refractivity contribution in [3.05, 3.63) is 0 Å². The molecule has 2 heterocycles. The van der Waals surface area contributed by atoms with Gasteiger partial charge in [-0.15, -0.1) is 0 Å². The van der Waals surface area contributed by atoms with Crippen LogP contribution in [0.5, 0.6) is 0 Å². The number of rotatable bonds is 2. The third-order valence-corrected chi connectivity index (χ3v) is 3.78. The Hall–Kier alpha value is -1.06. The summed E-state index contributed by atoms with van der Waals surface area (Å²) in [6.45, 7) is 6.69. The Morgan fingerprint density at radius 3 is 2.62 bits per heavy atom. The van der Waals surface area contributed by atoms with Crippen LogP contribution in [0.3, 0.4) is 0 Å². The first-order chi connectivity index (χ1) is 7.56. The lowest BCUT2D eigenvalue weighted by Gasteiger charge is -2.31. The molecule has 3 amide bonds. The number of piperidine rings is 1. The number of carbonyl (C=O) groups excluding carboxylic acids is 2. The summed E-state index contributed by atoms with van der Waals surface area (Å²) in [6, 6.07) is -0.279. The van der Waals surface area contributed by atoms with Crippen LogP contribution in [0.2, 0.25) is 0 Å². The molecule has 0 N–H and O–H groups in total. The van der Waals surface area contributed by atoms with E-state index in [1.807, 2.05) is 13.8 Å². The van der Waals surface area contributed by atoms with Gasteiger partial charge in [0.15, 0.2) is 0 Å². The van der Waals surface area contributed by atoms with Gasteiger partial charge in [-0.1, -0.05) is 13.3 Å². The maximum Gasteiger partial charge on any atom is 0.327 e. The largest absolute Gasteiger partial charge is 0.327 e. The molecule has 16 heavy (non-hydrogen) atoms. The first-order valence-electron chi connectivity index (χ1n) is 6.20. The summed E-state index contributed by atoms with van der Waals surface area (Å²) in [5.74, 6) is 0.614. The van der Waals surface area contributed by atoms with Gasteiger partial charge in [0, 0.05) is 12.6 Å². The number of urea groups is 1. The molecule has 2 atom stereocenters. The highest BCUT2D eigenvalue weighted by molar-refractivity contribution is 6.04. The minimum atomic E-state index is -0.173. The summed E-state index contributed by atoms with van der Waals surface area (Å²) >= 11 is 0. The van der Waals surface area contributed by atoms with Crippen LogP contribution in [-0.2, 0) is 4.79 Å². The first kappa shape index (κ1) is 11.4. The molecule has 2 fully saturated rings. The average Bonchev–Trinajstić information content (AvgIpc) is 2.51. The van der Waals surface area contributed by atoms with E-state index >= 15 is 0 Å². The fourth-order valence-electron chi connectivity index (χ4n) is 2.74. The van der Waals surface area contributed by atoms with Crippen molar-refractivity contribution in [2.45, 2.75) is 52.1 Å². The van der Waals surface area contributed by atoms with E-state index < -0.39 is 0 Å². The van der Waals surface area contributed by atoms with Crippen LogP contribution in [0.1, 0.15) is 40.0 Å². The minimum Gasteiger partial charge on any atom is -0.312 e. The summed E-state index contributed by atoms with van der Waals surface area (Å²) in [5.41, 5.74) is 0. The van der Waals surface area contributed by atoms with Crippen molar-refractivity contribution in [3.8, 4) is 0 Å². The van der Waals surface area contributed by atoms with Crippen molar-refractivity contribution in [2.75, 3.05) is 6.54 Å². The molecule has 4 nitrogen and oxygen atoms in total. The van der Waals surface area contributed by atoms with Crippen molar-refractivity contribution < 1.29 is 9.59 Å². The molecule has 2 aliphatic heterocycles. The Morgan fingerprint density at radius 1 is 1.38 bits per heavy atom. The first-order valence-corrected chi connectivity index (χ1v) is 6.20. The van der Waals surface area contributed by atoms with Gasteiger partial charge in [-0.3, -0.25) is 9.69 Å². The second-order valence-electron chi connectivity index (χ2n) is 5.09. The summed E-state index contributed by atoms with van der Waals surface area (Å²) < 4.78 is 0. The second kappa shape index (κ2) is 4.07. The van der Waals surface area contributed by atoms with E-state index in [-0.39, 0.29) is 24.0 Å². The molecule has 0 radical (unpaired) electrons. The fraction of sp³-hybridized carbons (Fsp3) is 0.833. The van der Waals surface area contributed by atoms with E-state index in [4.69, 9.17) is 0 Å². The Balaban J connectivity index is 2.18. The molecular formula is C12H20N2O2. The van der Waals surface area contributed by atoms with Gasteiger partial charge in [0.1, 0.15) is 6.04 Å². The van der Waals surface area contributed by atoms with Crippen molar-refractivity contribution in [1.29, 1.82) is 0 Å². The van der Waals surface area contributed by atoms with Crippen LogP contribution < -0.4 is 0 Å². The van der Waals surface area contributed by atoms with E-state index in [2.05, 4.69) is 6.92 Å². The predicted molar refractivity (Wildman–Crippen MR) is 60.9 cm³/mol. The summed E-state index contributed by atoms with van der Waals surface area (Å²) in [5, 5.41) is 0. The lowest BCUT2D eigenvalue weighted by Crippen LogP contribution is -2.42. The van der Waals surface area contributed by atoms with Gasteiger partial charge < -0.3 is 4.90 Å².